The van der Waals surface area contributed by atoms with Gasteiger partial charge in [0.15, 0.2) is 0 Å². The molecule has 1 rings (SSSR count). The summed E-state index contributed by atoms with van der Waals surface area (Å²) in [5, 5.41) is 3.38. The zero-order chi connectivity index (χ0) is 15.0. The summed E-state index contributed by atoms with van der Waals surface area (Å²) < 4.78 is 10.5. The number of ether oxygens (including phenoxy) is 2. The highest BCUT2D eigenvalue weighted by Gasteiger charge is 2.47. The van der Waals surface area contributed by atoms with Crippen LogP contribution in [0.3, 0.4) is 0 Å². The van der Waals surface area contributed by atoms with Gasteiger partial charge in [0.05, 0.1) is 13.2 Å². The van der Waals surface area contributed by atoms with Crippen LogP contribution in [0.25, 0.3) is 0 Å². The summed E-state index contributed by atoms with van der Waals surface area (Å²) in [4.78, 5) is 14.7. The second-order valence-electron chi connectivity index (χ2n) is 5.35. The molecule has 5 nitrogen and oxygen atoms in total. The van der Waals surface area contributed by atoms with E-state index in [1.807, 2.05) is 13.8 Å². The largest absolute Gasteiger partial charge is 0.465 e. The quantitative estimate of drug-likeness (QED) is 0.650. The number of nitrogens with one attached hydrogen (secondary N) is 1. The Balaban J connectivity index is 2.70. The molecule has 0 spiro atoms. The molecule has 1 aliphatic rings. The molecule has 5 heteroatoms. The van der Waals surface area contributed by atoms with Crippen molar-refractivity contribution < 1.29 is 14.3 Å². The summed E-state index contributed by atoms with van der Waals surface area (Å²) in [7, 11) is 1.73. The van der Waals surface area contributed by atoms with Crippen LogP contribution in [0.5, 0.6) is 0 Å². The van der Waals surface area contributed by atoms with Crippen LogP contribution in [0.1, 0.15) is 40.0 Å². The number of nitrogens with zero attached hydrogens (tertiary/aromatic N) is 1. The molecular formula is C15H30N2O3. The van der Waals surface area contributed by atoms with E-state index in [-0.39, 0.29) is 5.97 Å². The number of carbonyl (C=O) groups excluding carboxylic acids is 1. The van der Waals surface area contributed by atoms with E-state index < -0.39 is 5.54 Å². The molecule has 1 aliphatic carbocycles. The lowest BCUT2D eigenvalue weighted by Crippen LogP contribution is -2.52. The van der Waals surface area contributed by atoms with E-state index in [4.69, 9.17) is 9.47 Å². The topological polar surface area (TPSA) is 50.8 Å². The first kappa shape index (κ1) is 17.4. The monoisotopic (exact) mass is 286 g/mol. The molecule has 1 fully saturated rings. The van der Waals surface area contributed by atoms with Crippen LogP contribution >= 0.6 is 0 Å². The maximum Gasteiger partial charge on any atom is 0.326 e. The van der Waals surface area contributed by atoms with Gasteiger partial charge in [-0.25, -0.2) is 0 Å². The molecule has 0 aliphatic heterocycles. The molecule has 0 saturated heterocycles. The fourth-order valence-electron chi connectivity index (χ4n) is 3.16. The normalized spacial score (nSPS) is 26.1. The van der Waals surface area contributed by atoms with Crippen molar-refractivity contribution in [2.75, 3.05) is 40.0 Å². The van der Waals surface area contributed by atoms with Crippen LogP contribution in [0, 0.1) is 0 Å². The first-order chi connectivity index (χ1) is 9.63. The Hall–Kier alpha value is -0.650. The van der Waals surface area contributed by atoms with Crippen LogP contribution < -0.4 is 5.32 Å². The maximum atomic E-state index is 12.3. The van der Waals surface area contributed by atoms with Crippen molar-refractivity contribution in [2.24, 2.45) is 0 Å². The molecule has 0 aromatic heterocycles. The minimum absolute atomic E-state index is 0.0906. The molecule has 118 valence electrons. The van der Waals surface area contributed by atoms with Gasteiger partial charge in [-0.3, -0.25) is 9.69 Å². The van der Waals surface area contributed by atoms with Gasteiger partial charge in [0.25, 0.3) is 0 Å². The molecule has 0 aromatic carbocycles. The predicted octanol–water partition coefficient (Wildman–Crippen LogP) is 1.42. The average molecular weight is 286 g/mol. The fraction of sp³-hybridized carbons (Fsp3) is 0.933. The van der Waals surface area contributed by atoms with Crippen LogP contribution in [-0.2, 0) is 14.3 Å². The molecule has 1 N–H and O–H groups in total. The van der Waals surface area contributed by atoms with E-state index in [1.54, 1.807) is 7.11 Å². The van der Waals surface area contributed by atoms with Gasteiger partial charge in [-0.2, -0.15) is 0 Å². The Kier molecular flexibility index (Phi) is 7.48. The van der Waals surface area contributed by atoms with E-state index in [1.165, 1.54) is 0 Å². The Morgan fingerprint density at radius 3 is 2.70 bits per heavy atom. The number of carbonyl (C=O) groups is 1. The average Bonchev–Trinajstić information content (AvgIpc) is 2.86. The Morgan fingerprint density at radius 2 is 2.15 bits per heavy atom. The van der Waals surface area contributed by atoms with Crippen molar-refractivity contribution in [3.63, 3.8) is 0 Å². The van der Waals surface area contributed by atoms with Crippen molar-refractivity contribution in [2.45, 2.75) is 51.6 Å². The highest BCUT2D eigenvalue weighted by atomic mass is 16.5. The molecule has 2 unspecified atom stereocenters. The van der Waals surface area contributed by atoms with E-state index >= 15 is 0 Å². The lowest BCUT2D eigenvalue weighted by Gasteiger charge is -2.31. The summed E-state index contributed by atoms with van der Waals surface area (Å²) in [6, 6.07) is 0.429. The lowest BCUT2D eigenvalue weighted by atomic mass is 9.97. The van der Waals surface area contributed by atoms with E-state index in [2.05, 4.69) is 17.1 Å². The zero-order valence-corrected chi connectivity index (χ0v) is 13.4. The molecule has 0 bridgehead atoms. The standard InChI is InChI=1S/C15H30N2O3/c1-5-16-15(14(18)20-7-3)9-8-13(12-15)17(6-2)10-11-19-4/h13,16H,5-12H2,1-4H3. The van der Waals surface area contributed by atoms with Crippen molar-refractivity contribution in [3.8, 4) is 0 Å². The second-order valence-corrected chi connectivity index (χ2v) is 5.35. The Bertz CT molecular complexity index is 299. The van der Waals surface area contributed by atoms with E-state index in [0.717, 1.165) is 45.5 Å². The van der Waals surface area contributed by atoms with Crippen molar-refractivity contribution >= 4 is 5.97 Å². The number of esters is 1. The first-order valence-electron chi connectivity index (χ1n) is 7.78. The van der Waals surface area contributed by atoms with Crippen LogP contribution in [-0.4, -0.2) is 62.4 Å². The Labute approximate surface area is 123 Å². The van der Waals surface area contributed by atoms with Gasteiger partial charge in [-0.05, 0) is 39.3 Å². The third-order valence-electron chi connectivity index (χ3n) is 4.17. The molecule has 20 heavy (non-hydrogen) atoms. The van der Waals surface area contributed by atoms with Gasteiger partial charge in [-0.15, -0.1) is 0 Å². The summed E-state index contributed by atoms with van der Waals surface area (Å²) in [6.45, 7) is 9.93. The molecule has 0 radical (unpaired) electrons. The van der Waals surface area contributed by atoms with Gasteiger partial charge in [0, 0.05) is 19.7 Å². The van der Waals surface area contributed by atoms with E-state index in [0.29, 0.717) is 12.6 Å². The highest BCUT2D eigenvalue weighted by Crippen LogP contribution is 2.34. The zero-order valence-electron chi connectivity index (χ0n) is 13.4. The minimum Gasteiger partial charge on any atom is -0.465 e. The third-order valence-corrected chi connectivity index (χ3v) is 4.17. The highest BCUT2D eigenvalue weighted by molar-refractivity contribution is 5.81. The molecule has 0 amide bonds. The van der Waals surface area contributed by atoms with Gasteiger partial charge in [0.2, 0.25) is 0 Å². The van der Waals surface area contributed by atoms with Crippen molar-refractivity contribution in [3.05, 3.63) is 0 Å². The molecule has 1 saturated carbocycles. The smallest absolute Gasteiger partial charge is 0.326 e. The SMILES string of the molecule is CCNC1(C(=O)OCC)CCC(N(CC)CCOC)C1. The number of hydrogen-bond acceptors (Lipinski definition) is 5. The molecule has 0 aromatic rings. The Morgan fingerprint density at radius 1 is 1.40 bits per heavy atom. The predicted molar refractivity (Wildman–Crippen MR) is 79.8 cm³/mol. The summed E-state index contributed by atoms with van der Waals surface area (Å²) in [6.07, 6.45) is 2.72. The molecule has 2 atom stereocenters. The van der Waals surface area contributed by atoms with Gasteiger partial charge in [-0.1, -0.05) is 13.8 Å². The number of likely N-dealkylation sites (N-methyl/N-ethyl adjacent to an activating group) is 2. The van der Waals surface area contributed by atoms with E-state index in [9.17, 15) is 4.79 Å². The first-order valence-corrected chi connectivity index (χ1v) is 7.78. The summed E-state index contributed by atoms with van der Waals surface area (Å²) in [5.41, 5.74) is -0.490. The third kappa shape index (κ3) is 4.17. The van der Waals surface area contributed by atoms with Gasteiger partial charge < -0.3 is 14.8 Å². The number of rotatable bonds is 9. The van der Waals surface area contributed by atoms with Crippen LogP contribution in [0.4, 0.5) is 0 Å². The summed E-state index contributed by atoms with van der Waals surface area (Å²) >= 11 is 0. The fourth-order valence-corrected chi connectivity index (χ4v) is 3.16. The minimum atomic E-state index is -0.490. The number of hydrogen-bond donors (Lipinski definition) is 1. The van der Waals surface area contributed by atoms with Gasteiger partial charge in [0.1, 0.15) is 5.54 Å². The molecule has 0 heterocycles. The molecular weight excluding hydrogens is 256 g/mol. The van der Waals surface area contributed by atoms with Crippen molar-refractivity contribution in [1.29, 1.82) is 0 Å². The maximum absolute atomic E-state index is 12.3. The lowest BCUT2D eigenvalue weighted by molar-refractivity contribution is -0.151. The van der Waals surface area contributed by atoms with Crippen LogP contribution in [0.2, 0.25) is 0 Å². The summed E-state index contributed by atoms with van der Waals surface area (Å²) in [5.74, 6) is -0.0906. The van der Waals surface area contributed by atoms with Crippen molar-refractivity contribution in [1.82, 2.24) is 10.2 Å². The number of methoxy groups -OCH3 is 1. The van der Waals surface area contributed by atoms with Crippen LogP contribution in [0.15, 0.2) is 0 Å². The van der Waals surface area contributed by atoms with Gasteiger partial charge >= 0.3 is 5.97 Å². The second kappa shape index (κ2) is 8.60.